The summed E-state index contributed by atoms with van der Waals surface area (Å²) in [7, 11) is 1.63. The van der Waals surface area contributed by atoms with Gasteiger partial charge in [-0.1, -0.05) is 23.7 Å². The Labute approximate surface area is 130 Å². The summed E-state index contributed by atoms with van der Waals surface area (Å²) in [4.78, 5) is 8.79. The average Bonchev–Trinajstić information content (AvgIpc) is 2.38. The number of nitrogen functional groups attached to an aromatic ring is 1. The van der Waals surface area contributed by atoms with Crippen molar-refractivity contribution in [3.05, 3.63) is 49.9 Å². The van der Waals surface area contributed by atoms with Crippen molar-refractivity contribution < 1.29 is 4.74 Å². The summed E-state index contributed by atoms with van der Waals surface area (Å²) in [6.45, 7) is 0.429. The molecule has 6 heteroatoms. The highest BCUT2D eigenvalue weighted by Crippen LogP contribution is 2.19. The third kappa shape index (κ3) is 3.77. The third-order valence-corrected chi connectivity index (χ3v) is 3.98. The van der Waals surface area contributed by atoms with Crippen LogP contribution < -0.4 is 5.73 Å². The molecular weight excluding hydrogens is 377 g/mol. The van der Waals surface area contributed by atoms with E-state index in [4.69, 9.17) is 22.1 Å². The number of methoxy groups -OCH3 is 1. The van der Waals surface area contributed by atoms with Crippen molar-refractivity contribution in [3.63, 3.8) is 0 Å². The lowest BCUT2D eigenvalue weighted by molar-refractivity contribution is 0.180. The number of hydrogen-bond donors (Lipinski definition) is 1. The highest BCUT2D eigenvalue weighted by Gasteiger charge is 2.10. The van der Waals surface area contributed by atoms with Gasteiger partial charge in [0.25, 0.3) is 0 Å². The van der Waals surface area contributed by atoms with Crippen LogP contribution in [0.2, 0.25) is 5.02 Å². The molecule has 0 radical (unpaired) electrons. The topological polar surface area (TPSA) is 61.0 Å². The lowest BCUT2D eigenvalue weighted by Gasteiger charge is -2.08. The van der Waals surface area contributed by atoms with E-state index in [1.165, 1.54) is 0 Å². The monoisotopic (exact) mass is 389 g/mol. The van der Waals surface area contributed by atoms with E-state index in [1.54, 1.807) is 7.11 Å². The quantitative estimate of drug-likeness (QED) is 0.817. The normalized spacial score (nSPS) is 10.7. The lowest BCUT2D eigenvalue weighted by Crippen LogP contribution is -2.08. The molecule has 19 heavy (non-hydrogen) atoms. The summed E-state index contributed by atoms with van der Waals surface area (Å²) in [6, 6.07) is 7.61. The van der Waals surface area contributed by atoms with Crippen molar-refractivity contribution in [3.8, 4) is 0 Å². The minimum Gasteiger partial charge on any atom is -0.383 e. The van der Waals surface area contributed by atoms with Crippen LogP contribution in [0.4, 0.5) is 5.82 Å². The second-order valence-electron chi connectivity index (χ2n) is 4.02. The van der Waals surface area contributed by atoms with E-state index in [0.717, 1.165) is 14.8 Å². The zero-order chi connectivity index (χ0) is 13.8. The SMILES string of the molecule is COCc1nc(Cc2ccc(Cl)cc2)nc(N)c1I. The van der Waals surface area contributed by atoms with Crippen molar-refractivity contribution in [1.82, 2.24) is 9.97 Å². The molecule has 0 unspecified atom stereocenters. The Hall–Kier alpha value is -0.920. The number of anilines is 1. The van der Waals surface area contributed by atoms with Gasteiger partial charge < -0.3 is 10.5 Å². The molecule has 1 heterocycles. The van der Waals surface area contributed by atoms with Crippen LogP contribution in [0.1, 0.15) is 17.1 Å². The molecule has 4 nitrogen and oxygen atoms in total. The maximum Gasteiger partial charge on any atom is 0.141 e. The Morgan fingerprint density at radius 1 is 1.26 bits per heavy atom. The zero-order valence-electron chi connectivity index (χ0n) is 10.4. The van der Waals surface area contributed by atoms with Crippen molar-refractivity contribution in [2.45, 2.75) is 13.0 Å². The second kappa shape index (κ2) is 6.49. The molecule has 0 aliphatic heterocycles. The number of benzene rings is 1. The highest BCUT2D eigenvalue weighted by molar-refractivity contribution is 14.1. The van der Waals surface area contributed by atoms with Gasteiger partial charge in [-0.05, 0) is 40.3 Å². The van der Waals surface area contributed by atoms with E-state index < -0.39 is 0 Å². The molecule has 0 saturated heterocycles. The molecule has 0 fully saturated rings. The minimum absolute atomic E-state index is 0.429. The van der Waals surface area contributed by atoms with Crippen LogP contribution in [0.5, 0.6) is 0 Å². The molecular formula is C13H13ClIN3O. The summed E-state index contributed by atoms with van der Waals surface area (Å²) < 4.78 is 5.96. The number of halogens is 2. The van der Waals surface area contributed by atoms with E-state index in [2.05, 4.69) is 32.6 Å². The number of aromatic nitrogens is 2. The number of rotatable bonds is 4. The van der Waals surface area contributed by atoms with Gasteiger partial charge in [0.1, 0.15) is 11.6 Å². The number of nitrogens with zero attached hydrogens (tertiary/aromatic N) is 2. The summed E-state index contributed by atoms with van der Waals surface area (Å²) in [5.41, 5.74) is 7.80. The van der Waals surface area contributed by atoms with E-state index >= 15 is 0 Å². The van der Waals surface area contributed by atoms with Crippen molar-refractivity contribution in [1.29, 1.82) is 0 Å². The van der Waals surface area contributed by atoms with E-state index in [0.29, 0.717) is 29.7 Å². The first kappa shape index (κ1) is 14.5. The van der Waals surface area contributed by atoms with Crippen molar-refractivity contribution >= 4 is 40.0 Å². The smallest absolute Gasteiger partial charge is 0.141 e. The van der Waals surface area contributed by atoms with Gasteiger partial charge in [0.05, 0.1) is 15.9 Å². The van der Waals surface area contributed by atoms with Crippen LogP contribution in [0, 0.1) is 3.57 Å². The lowest BCUT2D eigenvalue weighted by atomic mass is 10.1. The summed E-state index contributed by atoms with van der Waals surface area (Å²) >= 11 is 7.99. The van der Waals surface area contributed by atoms with Crippen LogP contribution in [0.3, 0.4) is 0 Å². The van der Waals surface area contributed by atoms with Gasteiger partial charge in [0.2, 0.25) is 0 Å². The summed E-state index contributed by atoms with van der Waals surface area (Å²) in [5.74, 6) is 1.18. The predicted octanol–water partition coefficient (Wildman–Crippen LogP) is 3.05. The first-order valence-electron chi connectivity index (χ1n) is 5.64. The fourth-order valence-electron chi connectivity index (χ4n) is 1.66. The van der Waals surface area contributed by atoms with Gasteiger partial charge in [0.15, 0.2) is 0 Å². The fourth-order valence-corrected chi connectivity index (χ4v) is 2.18. The second-order valence-corrected chi connectivity index (χ2v) is 5.54. The molecule has 0 bridgehead atoms. The number of hydrogen-bond acceptors (Lipinski definition) is 4. The van der Waals surface area contributed by atoms with Crippen LogP contribution in [-0.2, 0) is 17.8 Å². The number of nitrogens with two attached hydrogens (primary N) is 1. The molecule has 2 aromatic rings. The van der Waals surface area contributed by atoms with E-state index in [-0.39, 0.29) is 0 Å². The van der Waals surface area contributed by atoms with Crippen molar-refractivity contribution in [2.24, 2.45) is 0 Å². The average molecular weight is 390 g/mol. The fraction of sp³-hybridized carbons (Fsp3) is 0.231. The maximum atomic E-state index is 5.89. The van der Waals surface area contributed by atoms with E-state index in [1.807, 2.05) is 24.3 Å². The molecule has 1 aromatic heterocycles. The molecule has 0 aliphatic rings. The Balaban J connectivity index is 2.27. The largest absolute Gasteiger partial charge is 0.383 e. The van der Waals surface area contributed by atoms with Gasteiger partial charge >= 0.3 is 0 Å². The van der Waals surface area contributed by atoms with Gasteiger partial charge in [-0.3, -0.25) is 0 Å². The summed E-state index contributed by atoms with van der Waals surface area (Å²) in [6.07, 6.45) is 0.620. The Morgan fingerprint density at radius 3 is 2.58 bits per heavy atom. The van der Waals surface area contributed by atoms with Crippen LogP contribution in [0.25, 0.3) is 0 Å². The number of ether oxygens (including phenoxy) is 1. The van der Waals surface area contributed by atoms with Gasteiger partial charge in [-0.15, -0.1) is 0 Å². The molecule has 2 N–H and O–H groups in total. The van der Waals surface area contributed by atoms with Gasteiger partial charge in [0, 0.05) is 18.6 Å². The molecule has 0 aliphatic carbocycles. The zero-order valence-corrected chi connectivity index (χ0v) is 13.3. The van der Waals surface area contributed by atoms with E-state index in [9.17, 15) is 0 Å². The molecule has 0 spiro atoms. The summed E-state index contributed by atoms with van der Waals surface area (Å²) in [5, 5.41) is 0.715. The molecule has 0 amide bonds. The molecule has 2 rings (SSSR count). The molecule has 0 atom stereocenters. The Morgan fingerprint density at radius 2 is 1.95 bits per heavy atom. The van der Waals surface area contributed by atoms with Crippen LogP contribution in [-0.4, -0.2) is 17.1 Å². The van der Waals surface area contributed by atoms with Crippen molar-refractivity contribution in [2.75, 3.05) is 12.8 Å². The van der Waals surface area contributed by atoms with Crippen LogP contribution >= 0.6 is 34.2 Å². The standard InChI is InChI=1S/C13H13ClIN3O/c1-19-7-10-12(15)13(16)18-11(17-10)6-8-2-4-9(14)5-3-8/h2-5H,6-7H2,1H3,(H2,16,17,18). The Bertz CT molecular complexity index is 575. The van der Waals surface area contributed by atoms with Gasteiger partial charge in [-0.2, -0.15) is 0 Å². The maximum absolute atomic E-state index is 5.89. The third-order valence-electron chi connectivity index (χ3n) is 2.55. The Kier molecular flexibility index (Phi) is 4.95. The molecule has 0 saturated carbocycles. The molecule has 100 valence electrons. The molecule has 1 aromatic carbocycles. The highest BCUT2D eigenvalue weighted by atomic mass is 127. The van der Waals surface area contributed by atoms with Crippen LogP contribution in [0.15, 0.2) is 24.3 Å². The minimum atomic E-state index is 0.429. The first-order chi connectivity index (χ1) is 9.10. The van der Waals surface area contributed by atoms with Gasteiger partial charge in [-0.25, -0.2) is 9.97 Å². The predicted molar refractivity (Wildman–Crippen MR) is 84.1 cm³/mol. The first-order valence-corrected chi connectivity index (χ1v) is 7.10.